The lowest BCUT2D eigenvalue weighted by Gasteiger charge is -2.10. The largest absolute Gasteiger partial charge is 0.457 e. The van der Waals surface area contributed by atoms with Crippen LogP contribution in [-0.4, -0.2) is 0 Å². The van der Waals surface area contributed by atoms with Crippen LogP contribution in [-0.2, 0) is 0 Å². The Labute approximate surface area is 112 Å². The van der Waals surface area contributed by atoms with E-state index in [-0.39, 0.29) is 0 Å². The molecule has 0 unspecified atom stereocenters. The molecule has 0 bridgehead atoms. The Kier molecular flexibility index (Phi) is 2.84. The fraction of sp³-hybridized carbons (Fsp3) is 0.0588. The minimum Gasteiger partial charge on any atom is -0.457 e. The van der Waals surface area contributed by atoms with Gasteiger partial charge in [-0.05, 0) is 42.1 Å². The summed E-state index contributed by atoms with van der Waals surface area (Å²) < 4.78 is 5.97. The van der Waals surface area contributed by atoms with E-state index >= 15 is 0 Å². The summed E-state index contributed by atoms with van der Waals surface area (Å²) in [5.74, 6) is 1.67. The molecule has 0 spiro atoms. The minimum atomic E-state index is 0.783. The van der Waals surface area contributed by atoms with Crippen molar-refractivity contribution < 1.29 is 4.74 Å². The molecule has 0 aliphatic heterocycles. The number of benzene rings is 3. The number of fused-ring (bicyclic) bond motifs is 1. The Balaban J connectivity index is 2.03. The number of nitrogen functional groups attached to an aromatic ring is 1. The van der Waals surface area contributed by atoms with E-state index in [1.807, 2.05) is 49.4 Å². The lowest BCUT2D eigenvalue weighted by atomic mass is 10.1. The standard InChI is InChI=1S/C17H15NO/c1-12-11-14(9-10-16(12)18)19-17-8-4-6-13-5-2-3-7-15(13)17/h2-11H,18H2,1H3. The molecule has 0 aromatic heterocycles. The van der Waals surface area contributed by atoms with E-state index in [2.05, 4.69) is 18.2 Å². The van der Waals surface area contributed by atoms with Crippen LogP contribution >= 0.6 is 0 Å². The number of ether oxygens (including phenoxy) is 1. The smallest absolute Gasteiger partial charge is 0.135 e. The third-order valence-corrected chi connectivity index (χ3v) is 3.22. The Morgan fingerprint density at radius 3 is 2.53 bits per heavy atom. The maximum absolute atomic E-state index is 5.97. The van der Waals surface area contributed by atoms with Gasteiger partial charge in [-0.25, -0.2) is 0 Å². The highest BCUT2D eigenvalue weighted by atomic mass is 16.5. The summed E-state index contributed by atoms with van der Waals surface area (Å²) in [4.78, 5) is 0. The van der Waals surface area contributed by atoms with Gasteiger partial charge in [0.05, 0.1) is 0 Å². The maximum Gasteiger partial charge on any atom is 0.135 e. The molecule has 0 saturated carbocycles. The van der Waals surface area contributed by atoms with Crippen molar-refractivity contribution in [3.63, 3.8) is 0 Å². The number of rotatable bonds is 2. The summed E-state index contributed by atoms with van der Waals surface area (Å²) in [5.41, 5.74) is 7.63. The molecule has 19 heavy (non-hydrogen) atoms. The molecule has 2 N–H and O–H groups in total. The first-order chi connectivity index (χ1) is 9.24. The first-order valence-electron chi connectivity index (χ1n) is 6.26. The number of aryl methyl sites for hydroxylation is 1. The van der Waals surface area contributed by atoms with Crippen molar-refractivity contribution in [3.8, 4) is 11.5 Å². The normalized spacial score (nSPS) is 10.6. The topological polar surface area (TPSA) is 35.2 Å². The van der Waals surface area contributed by atoms with Crippen LogP contribution in [0.3, 0.4) is 0 Å². The summed E-state index contributed by atoms with van der Waals surface area (Å²) >= 11 is 0. The SMILES string of the molecule is Cc1cc(Oc2cccc3ccccc23)ccc1N. The molecule has 0 aliphatic rings. The third-order valence-electron chi connectivity index (χ3n) is 3.22. The predicted molar refractivity (Wildman–Crippen MR) is 79.6 cm³/mol. The molecule has 3 aromatic rings. The van der Waals surface area contributed by atoms with Gasteiger partial charge < -0.3 is 10.5 Å². The molecule has 0 saturated heterocycles. The molecule has 0 heterocycles. The van der Waals surface area contributed by atoms with Gasteiger partial charge in [-0.15, -0.1) is 0 Å². The molecular weight excluding hydrogens is 234 g/mol. The first-order valence-corrected chi connectivity index (χ1v) is 6.26. The van der Waals surface area contributed by atoms with Gasteiger partial charge in [-0.1, -0.05) is 36.4 Å². The molecule has 3 aromatic carbocycles. The van der Waals surface area contributed by atoms with E-state index in [9.17, 15) is 0 Å². The predicted octanol–water partition coefficient (Wildman–Crippen LogP) is 4.52. The van der Waals surface area contributed by atoms with Crippen molar-refractivity contribution in [2.75, 3.05) is 5.73 Å². The minimum absolute atomic E-state index is 0.783. The summed E-state index contributed by atoms with van der Waals surface area (Å²) in [6.07, 6.45) is 0. The highest BCUT2D eigenvalue weighted by molar-refractivity contribution is 5.88. The highest BCUT2D eigenvalue weighted by Gasteiger charge is 2.03. The maximum atomic E-state index is 5.97. The van der Waals surface area contributed by atoms with Gasteiger partial charge in [0, 0.05) is 11.1 Å². The van der Waals surface area contributed by atoms with Crippen molar-refractivity contribution in [2.24, 2.45) is 0 Å². The summed E-state index contributed by atoms with van der Waals surface area (Å²) in [6.45, 7) is 1.98. The molecule has 0 atom stereocenters. The van der Waals surface area contributed by atoms with Crippen LogP contribution < -0.4 is 10.5 Å². The summed E-state index contributed by atoms with van der Waals surface area (Å²) in [6, 6.07) is 20.0. The molecule has 0 amide bonds. The van der Waals surface area contributed by atoms with Crippen molar-refractivity contribution in [1.29, 1.82) is 0 Å². The fourth-order valence-electron chi connectivity index (χ4n) is 2.12. The number of nitrogens with two attached hydrogens (primary N) is 1. The van der Waals surface area contributed by atoms with E-state index in [0.29, 0.717) is 0 Å². The van der Waals surface area contributed by atoms with Gasteiger partial charge in [0.2, 0.25) is 0 Å². The van der Waals surface area contributed by atoms with Crippen LogP contribution in [0.2, 0.25) is 0 Å². The zero-order chi connectivity index (χ0) is 13.2. The van der Waals surface area contributed by atoms with Crippen molar-refractivity contribution in [3.05, 3.63) is 66.2 Å². The molecule has 0 radical (unpaired) electrons. The Morgan fingerprint density at radius 1 is 0.895 bits per heavy atom. The fourth-order valence-corrected chi connectivity index (χ4v) is 2.12. The molecule has 3 rings (SSSR count). The average molecular weight is 249 g/mol. The van der Waals surface area contributed by atoms with Crippen LogP contribution in [0, 0.1) is 6.92 Å². The number of hydrogen-bond donors (Lipinski definition) is 1. The quantitative estimate of drug-likeness (QED) is 0.677. The second-order valence-electron chi connectivity index (χ2n) is 4.60. The molecule has 2 heteroatoms. The summed E-state index contributed by atoms with van der Waals surface area (Å²) in [5, 5.41) is 2.28. The van der Waals surface area contributed by atoms with Gasteiger partial charge in [0.25, 0.3) is 0 Å². The van der Waals surface area contributed by atoms with E-state index in [1.165, 1.54) is 5.39 Å². The monoisotopic (exact) mass is 249 g/mol. The van der Waals surface area contributed by atoms with Crippen molar-refractivity contribution in [1.82, 2.24) is 0 Å². The lowest BCUT2D eigenvalue weighted by Crippen LogP contribution is -1.91. The first kappa shape index (κ1) is 11.6. The molecule has 0 fully saturated rings. The molecule has 0 aliphatic carbocycles. The van der Waals surface area contributed by atoms with Gasteiger partial charge in [0.1, 0.15) is 11.5 Å². The van der Waals surface area contributed by atoms with Gasteiger partial charge in [-0.3, -0.25) is 0 Å². The van der Waals surface area contributed by atoms with Gasteiger partial charge in [0.15, 0.2) is 0 Å². The average Bonchev–Trinajstić information content (AvgIpc) is 2.43. The van der Waals surface area contributed by atoms with Crippen LogP contribution in [0.15, 0.2) is 60.7 Å². The van der Waals surface area contributed by atoms with Gasteiger partial charge in [-0.2, -0.15) is 0 Å². The lowest BCUT2D eigenvalue weighted by molar-refractivity contribution is 0.488. The Bertz CT molecular complexity index is 729. The van der Waals surface area contributed by atoms with E-state index < -0.39 is 0 Å². The van der Waals surface area contributed by atoms with E-state index in [1.54, 1.807) is 0 Å². The van der Waals surface area contributed by atoms with E-state index in [0.717, 1.165) is 28.1 Å². The molecular formula is C17H15NO. The zero-order valence-corrected chi connectivity index (χ0v) is 10.8. The number of anilines is 1. The van der Waals surface area contributed by atoms with Crippen molar-refractivity contribution in [2.45, 2.75) is 6.92 Å². The second kappa shape index (κ2) is 4.65. The molecule has 94 valence electrons. The highest BCUT2D eigenvalue weighted by Crippen LogP contribution is 2.30. The Morgan fingerprint density at radius 2 is 1.68 bits per heavy atom. The third kappa shape index (κ3) is 2.25. The summed E-state index contributed by atoms with van der Waals surface area (Å²) in [7, 11) is 0. The van der Waals surface area contributed by atoms with Crippen LogP contribution in [0.4, 0.5) is 5.69 Å². The van der Waals surface area contributed by atoms with E-state index in [4.69, 9.17) is 10.5 Å². The van der Waals surface area contributed by atoms with Crippen LogP contribution in [0.1, 0.15) is 5.56 Å². The van der Waals surface area contributed by atoms with Crippen LogP contribution in [0.25, 0.3) is 10.8 Å². The van der Waals surface area contributed by atoms with Crippen LogP contribution in [0.5, 0.6) is 11.5 Å². The zero-order valence-electron chi connectivity index (χ0n) is 10.8. The van der Waals surface area contributed by atoms with Crippen molar-refractivity contribution >= 4 is 16.5 Å². The Hall–Kier alpha value is -2.48. The second-order valence-corrected chi connectivity index (χ2v) is 4.60. The molecule has 2 nitrogen and oxygen atoms in total. The number of hydrogen-bond acceptors (Lipinski definition) is 2. The van der Waals surface area contributed by atoms with Gasteiger partial charge >= 0.3 is 0 Å².